The molecule has 110 valence electrons. The maximum absolute atomic E-state index is 13.6. The molecule has 2 aromatic rings. The van der Waals surface area contributed by atoms with Gasteiger partial charge in [-0.2, -0.15) is 4.39 Å². The fourth-order valence-electron chi connectivity index (χ4n) is 1.55. The van der Waals surface area contributed by atoms with Gasteiger partial charge in [-0.1, -0.05) is 11.6 Å². The molecule has 0 aliphatic heterocycles. The van der Waals surface area contributed by atoms with Crippen LogP contribution in [-0.2, 0) is 0 Å². The molecule has 1 amide bonds. The van der Waals surface area contributed by atoms with Crippen LogP contribution in [0, 0.1) is 17.5 Å². The van der Waals surface area contributed by atoms with Gasteiger partial charge in [-0.3, -0.25) is 4.79 Å². The number of aromatic hydroxyl groups is 2. The molecule has 0 atom stereocenters. The van der Waals surface area contributed by atoms with Gasteiger partial charge in [0.25, 0.3) is 5.91 Å². The molecule has 0 spiro atoms. The van der Waals surface area contributed by atoms with Crippen LogP contribution in [-0.4, -0.2) is 16.1 Å². The number of hydrogen-bond donors (Lipinski definition) is 3. The number of hydrogen-bond acceptors (Lipinski definition) is 3. The average molecular weight is 318 g/mol. The molecule has 0 saturated heterocycles. The normalized spacial score (nSPS) is 10.5. The fraction of sp³-hybridized carbons (Fsp3) is 0. The molecule has 0 fully saturated rings. The monoisotopic (exact) mass is 317 g/mol. The van der Waals surface area contributed by atoms with Gasteiger partial charge in [0.1, 0.15) is 5.75 Å². The number of benzene rings is 2. The summed E-state index contributed by atoms with van der Waals surface area (Å²) >= 11 is 5.74. The summed E-state index contributed by atoms with van der Waals surface area (Å²) in [5.74, 6) is -7.84. The quantitative estimate of drug-likeness (QED) is 0.587. The molecule has 0 aliphatic carbocycles. The highest BCUT2D eigenvalue weighted by Crippen LogP contribution is 2.29. The molecule has 0 saturated carbocycles. The van der Waals surface area contributed by atoms with E-state index in [4.69, 9.17) is 21.8 Å². The van der Waals surface area contributed by atoms with Crippen molar-refractivity contribution >= 4 is 23.2 Å². The van der Waals surface area contributed by atoms with Gasteiger partial charge in [-0.05, 0) is 18.2 Å². The van der Waals surface area contributed by atoms with Crippen molar-refractivity contribution in [1.82, 2.24) is 0 Å². The number of phenolic OH excluding ortho intramolecular Hbond substituents is 2. The Morgan fingerprint density at radius 2 is 1.76 bits per heavy atom. The lowest BCUT2D eigenvalue weighted by atomic mass is 10.1. The topological polar surface area (TPSA) is 69.6 Å². The molecule has 0 unspecified atom stereocenters. The summed E-state index contributed by atoms with van der Waals surface area (Å²) in [5.41, 5.74) is -0.876. The highest BCUT2D eigenvalue weighted by Gasteiger charge is 2.22. The van der Waals surface area contributed by atoms with E-state index in [0.717, 1.165) is 6.07 Å². The molecule has 2 aromatic carbocycles. The van der Waals surface area contributed by atoms with Gasteiger partial charge in [0.2, 0.25) is 5.82 Å². The first-order valence-corrected chi connectivity index (χ1v) is 5.85. The highest BCUT2D eigenvalue weighted by molar-refractivity contribution is 6.34. The number of anilines is 1. The third kappa shape index (κ3) is 2.87. The molecule has 0 bridgehead atoms. The van der Waals surface area contributed by atoms with E-state index in [0.29, 0.717) is 6.07 Å². The van der Waals surface area contributed by atoms with Crippen molar-refractivity contribution in [2.45, 2.75) is 0 Å². The van der Waals surface area contributed by atoms with Crippen LogP contribution in [0.1, 0.15) is 10.4 Å². The lowest BCUT2D eigenvalue weighted by molar-refractivity contribution is 0.102. The molecule has 4 nitrogen and oxygen atoms in total. The number of phenols is 2. The van der Waals surface area contributed by atoms with E-state index < -0.39 is 34.7 Å². The minimum atomic E-state index is -1.79. The summed E-state index contributed by atoms with van der Waals surface area (Å²) in [5, 5.41) is 20.3. The maximum Gasteiger partial charge on any atom is 0.258 e. The highest BCUT2D eigenvalue weighted by atomic mass is 35.5. The summed E-state index contributed by atoms with van der Waals surface area (Å²) in [7, 11) is 0. The largest absolute Gasteiger partial charge is 0.508 e. The zero-order valence-electron chi connectivity index (χ0n) is 10.1. The van der Waals surface area contributed by atoms with E-state index in [2.05, 4.69) is 5.32 Å². The van der Waals surface area contributed by atoms with Crippen LogP contribution in [0.3, 0.4) is 0 Å². The third-order valence-corrected chi connectivity index (χ3v) is 2.89. The summed E-state index contributed by atoms with van der Waals surface area (Å²) in [4.78, 5) is 11.8. The molecular formula is C13H7ClF3NO3. The number of halogens is 4. The van der Waals surface area contributed by atoms with Crippen LogP contribution in [0.2, 0.25) is 5.02 Å². The summed E-state index contributed by atoms with van der Waals surface area (Å²) in [6.07, 6.45) is 0. The molecular weight excluding hydrogens is 311 g/mol. The Morgan fingerprint density at radius 3 is 2.38 bits per heavy atom. The smallest absolute Gasteiger partial charge is 0.258 e. The third-order valence-electron chi connectivity index (χ3n) is 2.58. The Balaban J connectivity index is 2.37. The molecule has 8 heteroatoms. The molecule has 2 rings (SSSR count). The van der Waals surface area contributed by atoms with Crippen LogP contribution in [0.4, 0.5) is 18.9 Å². The van der Waals surface area contributed by atoms with E-state index in [1.807, 2.05) is 0 Å². The Hall–Kier alpha value is -2.41. The molecule has 0 radical (unpaired) electrons. The fourth-order valence-corrected chi connectivity index (χ4v) is 1.77. The SMILES string of the molecule is O=C(Nc1ccc(O)cc1Cl)c1cc(F)c(F)c(O)c1F. The lowest BCUT2D eigenvalue weighted by Gasteiger charge is -2.09. The van der Waals surface area contributed by atoms with Crippen molar-refractivity contribution in [3.8, 4) is 11.5 Å². The van der Waals surface area contributed by atoms with Crippen LogP contribution >= 0.6 is 11.6 Å². The van der Waals surface area contributed by atoms with E-state index in [-0.39, 0.29) is 16.5 Å². The van der Waals surface area contributed by atoms with Crippen LogP contribution in [0.5, 0.6) is 11.5 Å². The van der Waals surface area contributed by atoms with Gasteiger partial charge in [-0.25, -0.2) is 8.78 Å². The minimum Gasteiger partial charge on any atom is -0.508 e. The number of nitrogens with one attached hydrogen (secondary N) is 1. The number of rotatable bonds is 2. The van der Waals surface area contributed by atoms with Crippen molar-refractivity contribution in [2.24, 2.45) is 0 Å². The van der Waals surface area contributed by atoms with Gasteiger partial charge < -0.3 is 15.5 Å². The summed E-state index contributed by atoms with van der Waals surface area (Å²) < 4.78 is 39.6. The zero-order valence-corrected chi connectivity index (χ0v) is 10.9. The van der Waals surface area contributed by atoms with Crippen molar-refractivity contribution < 1.29 is 28.2 Å². The Kier molecular flexibility index (Phi) is 3.95. The molecule has 3 N–H and O–H groups in total. The average Bonchev–Trinajstić information content (AvgIpc) is 2.43. The van der Waals surface area contributed by atoms with E-state index >= 15 is 0 Å². The molecule has 0 aliphatic rings. The summed E-state index contributed by atoms with van der Waals surface area (Å²) in [6, 6.07) is 3.87. The van der Waals surface area contributed by atoms with Gasteiger partial charge in [-0.15, -0.1) is 0 Å². The van der Waals surface area contributed by atoms with Crippen LogP contribution < -0.4 is 5.32 Å². The first-order valence-electron chi connectivity index (χ1n) is 5.47. The first-order chi connectivity index (χ1) is 9.81. The predicted octanol–water partition coefficient (Wildman–Crippen LogP) is 3.42. The van der Waals surface area contributed by atoms with E-state index in [9.17, 15) is 18.0 Å². The Bertz CT molecular complexity index is 737. The van der Waals surface area contributed by atoms with Crippen LogP contribution in [0.15, 0.2) is 24.3 Å². The number of carbonyl (C=O) groups is 1. The predicted molar refractivity (Wildman–Crippen MR) is 69.1 cm³/mol. The second kappa shape index (κ2) is 5.53. The number of carbonyl (C=O) groups excluding carboxylic acids is 1. The number of amides is 1. The van der Waals surface area contributed by atoms with E-state index in [1.165, 1.54) is 12.1 Å². The Morgan fingerprint density at radius 1 is 1.10 bits per heavy atom. The second-order valence-corrected chi connectivity index (χ2v) is 4.41. The lowest BCUT2D eigenvalue weighted by Crippen LogP contribution is -2.15. The minimum absolute atomic E-state index is 0.0167. The van der Waals surface area contributed by atoms with E-state index in [1.54, 1.807) is 0 Å². The maximum atomic E-state index is 13.6. The first kappa shape index (κ1) is 15.0. The summed E-state index contributed by atoms with van der Waals surface area (Å²) in [6.45, 7) is 0. The van der Waals surface area contributed by atoms with Crippen molar-refractivity contribution in [3.63, 3.8) is 0 Å². The zero-order chi connectivity index (χ0) is 15.7. The van der Waals surface area contributed by atoms with Crippen molar-refractivity contribution in [1.29, 1.82) is 0 Å². The van der Waals surface area contributed by atoms with Crippen molar-refractivity contribution in [2.75, 3.05) is 5.32 Å². The molecule has 0 heterocycles. The molecule has 21 heavy (non-hydrogen) atoms. The molecule has 0 aromatic heterocycles. The van der Waals surface area contributed by atoms with Gasteiger partial charge >= 0.3 is 0 Å². The standard InChI is InChI=1S/C13H7ClF3NO3/c14-7-3-5(19)1-2-9(7)18-13(21)6-4-8(15)11(17)12(20)10(6)16/h1-4,19-20H,(H,18,21). The van der Waals surface area contributed by atoms with Crippen LogP contribution in [0.25, 0.3) is 0 Å². The Labute approximate surface area is 121 Å². The second-order valence-electron chi connectivity index (χ2n) is 4.00. The van der Waals surface area contributed by atoms with Crippen molar-refractivity contribution in [3.05, 3.63) is 52.3 Å². The van der Waals surface area contributed by atoms with Gasteiger partial charge in [0.05, 0.1) is 16.3 Å². The van der Waals surface area contributed by atoms with Gasteiger partial charge in [0, 0.05) is 6.07 Å². The van der Waals surface area contributed by atoms with Gasteiger partial charge in [0.15, 0.2) is 17.4 Å².